The lowest BCUT2D eigenvalue weighted by Crippen LogP contribution is -2.64. The Morgan fingerprint density at radius 3 is 1.32 bits per heavy atom. The zero-order chi connectivity index (χ0) is 69.5. The molecular weight excluding hydrogens is 1230 g/mol. The number of nitrogens with zero attached hydrogens (tertiary/aromatic N) is 2. The molecule has 4 aliphatic heterocycles. The van der Waals surface area contributed by atoms with Crippen LogP contribution in [0, 0.1) is 0 Å². The average molecular weight is 1320 g/mol. The standard InChI is InChI=1S/C25H44N14O8.C25H44N14O7/c26-4-1-2-11(27)6-17(41)32-8-14-20(43)35-15(9-34-25(30)47)21(44)39-18(13-3-5-31-24(29)38-13)23(46)33-7-12(28)19(42)37-16(10-40)22(45)36-14;1-11-19(41)36-15(9-32-17(40)7-12(27)3-2-5-26)21(43)37-16(10-34-25(30)46)22(44)39-18(14-4-6-31-24(29)38-14)23(45)33-8-13(28)20(42)35-11/h5,9,11-14,16,18,24,38,40H,1-4,6-8,10,26-29H2,(H,32,41)(H,33,46)(H,35,43)(H,36,45)(H,37,42)(H,39,44)(H3,30,34,47);6,10-15,18,24,38H,2-5,7-9,26-29H2,1H3,(H,32,40)(H,33,45)(H,35,42)(H,36,41)(H,37,43)(H,39,44)(H3,30,34,46)/b15-9-;16-10-/t11-,12?,13?,14-,16-,18?,24?;11-,12-,13?,14?,15-,18?,24?/m11/s1. The van der Waals surface area contributed by atoms with E-state index >= 15 is 0 Å². The van der Waals surface area contributed by atoms with Gasteiger partial charge in [0.2, 0.25) is 59.1 Å². The minimum atomic E-state index is -1.63. The highest BCUT2D eigenvalue weighted by atomic mass is 16.3. The number of aliphatic hydroxyl groups is 1. The Morgan fingerprint density at radius 2 is 0.946 bits per heavy atom. The maximum Gasteiger partial charge on any atom is 0.316 e. The molecule has 4 aliphatic rings. The van der Waals surface area contributed by atoms with Crippen LogP contribution >= 0.6 is 0 Å². The Hall–Kier alpha value is -9.44. The highest BCUT2D eigenvalue weighted by molar-refractivity contribution is 6.04. The van der Waals surface area contributed by atoms with Gasteiger partial charge >= 0.3 is 12.1 Å². The van der Waals surface area contributed by atoms with Gasteiger partial charge < -0.3 is 125 Å². The van der Waals surface area contributed by atoms with Crippen molar-refractivity contribution in [2.45, 2.75) is 143 Å². The lowest BCUT2D eigenvalue weighted by Gasteiger charge is -2.31. The Labute approximate surface area is 531 Å². The number of amides is 16. The van der Waals surface area contributed by atoms with Crippen LogP contribution in [-0.2, 0) is 57.5 Å². The summed E-state index contributed by atoms with van der Waals surface area (Å²) in [6, 6.07) is -16.4. The van der Waals surface area contributed by atoms with E-state index in [-0.39, 0.29) is 32.2 Å². The minimum absolute atomic E-state index is 0.101. The smallest absolute Gasteiger partial charge is 0.316 e. The molecule has 43 heteroatoms. The number of rotatable bonds is 19. The Balaban J connectivity index is 0.000000485. The van der Waals surface area contributed by atoms with Gasteiger partial charge in [-0.25, -0.2) is 9.59 Å². The number of aliphatic imine (C=N–C) groups is 2. The number of nitrogens with two attached hydrogens (primary N) is 10. The number of hydrogen-bond acceptors (Lipinski definition) is 27. The second kappa shape index (κ2) is 39.7. The third-order valence-electron chi connectivity index (χ3n) is 13.6. The van der Waals surface area contributed by atoms with Gasteiger partial charge in [0.15, 0.2) is 12.6 Å². The summed E-state index contributed by atoms with van der Waals surface area (Å²) < 4.78 is 0. The van der Waals surface area contributed by atoms with Gasteiger partial charge in [-0.2, -0.15) is 0 Å². The fourth-order valence-corrected chi connectivity index (χ4v) is 8.57. The molecule has 0 aromatic heterocycles. The lowest BCUT2D eigenvalue weighted by atomic mass is 10.0. The maximum absolute atomic E-state index is 13.5. The van der Waals surface area contributed by atoms with Crippen LogP contribution in [0.25, 0.3) is 0 Å². The summed E-state index contributed by atoms with van der Waals surface area (Å²) in [6.07, 6.45) is 4.69. The molecule has 0 saturated carbocycles. The quantitative estimate of drug-likeness (QED) is 0.0534. The summed E-state index contributed by atoms with van der Waals surface area (Å²) in [5.74, 6) is -10.7. The topological polar surface area (TPSA) is 737 Å². The van der Waals surface area contributed by atoms with Gasteiger partial charge in [0.1, 0.15) is 59.7 Å². The number of carbonyl (C=O) groups excluding carboxylic acids is 14. The predicted molar refractivity (Wildman–Crippen MR) is 328 cm³/mol. The van der Waals surface area contributed by atoms with Gasteiger partial charge in [0.05, 0.1) is 6.61 Å². The van der Waals surface area contributed by atoms with Gasteiger partial charge in [-0.15, -0.1) is 0 Å². The van der Waals surface area contributed by atoms with Crippen LogP contribution in [0.2, 0.25) is 0 Å². The molecule has 0 bridgehead atoms. The van der Waals surface area contributed by atoms with E-state index in [9.17, 15) is 72.2 Å². The molecule has 2 saturated heterocycles. The molecule has 0 aromatic carbocycles. The summed E-state index contributed by atoms with van der Waals surface area (Å²) in [5, 5.41) is 48.1. The number of nitrogens with one attached hydrogen (secondary N) is 16. The average Bonchev–Trinajstić information content (AvgIpc) is 0.943. The minimum Gasteiger partial charge on any atom is -0.394 e. The van der Waals surface area contributed by atoms with Crippen LogP contribution in [0.3, 0.4) is 0 Å². The van der Waals surface area contributed by atoms with E-state index < -0.39 is 206 Å². The van der Waals surface area contributed by atoms with E-state index in [0.717, 1.165) is 12.4 Å². The van der Waals surface area contributed by atoms with Crippen molar-refractivity contribution in [1.82, 2.24) is 85.1 Å². The van der Waals surface area contributed by atoms with Gasteiger partial charge in [-0.1, -0.05) is 0 Å². The zero-order valence-corrected chi connectivity index (χ0v) is 50.8. The van der Waals surface area contributed by atoms with Crippen molar-refractivity contribution >= 4 is 95.4 Å². The number of aliphatic hydroxyl groups excluding tert-OH is 1. The van der Waals surface area contributed by atoms with Gasteiger partial charge in [-0.05, 0) is 45.7 Å². The Bertz CT molecular complexity index is 2810. The van der Waals surface area contributed by atoms with Gasteiger partial charge in [-0.3, -0.25) is 89.6 Å². The molecule has 16 amide bonds. The molecule has 43 nitrogen and oxygen atoms in total. The molecule has 2 fully saturated rings. The molecule has 0 aromatic rings. The van der Waals surface area contributed by atoms with Crippen LogP contribution in [0.5, 0.6) is 0 Å². The molecule has 4 rings (SSSR count). The predicted octanol–water partition coefficient (Wildman–Crippen LogP) is -15.4. The van der Waals surface area contributed by atoms with Crippen molar-refractivity contribution < 1.29 is 72.2 Å². The molecule has 14 atom stereocenters. The largest absolute Gasteiger partial charge is 0.394 e. The lowest BCUT2D eigenvalue weighted by molar-refractivity contribution is -0.134. The first-order valence-electron chi connectivity index (χ1n) is 29.1. The van der Waals surface area contributed by atoms with E-state index in [1.165, 1.54) is 19.4 Å². The Morgan fingerprint density at radius 1 is 0.559 bits per heavy atom. The van der Waals surface area contributed by atoms with Crippen LogP contribution in [0.1, 0.15) is 58.3 Å². The normalized spacial score (nSPS) is 28.0. The second-order valence-corrected chi connectivity index (χ2v) is 21.3. The van der Waals surface area contributed by atoms with Crippen molar-refractivity contribution in [2.24, 2.45) is 67.3 Å². The number of carbonyl (C=O) groups is 14. The summed E-state index contributed by atoms with van der Waals surface area (Å²) in [6.45, 7) is -0.712. The first-order chi connectivity index (χ1) is 44.0. The van der Waals surface area contributed by atoms with Crippen molar-refractivity contribution in [3.8, 4) is 0 Å². The fraction of sp³-hybridized carbons (Fsp3) is 0.600. The van der Waals surface area contributed by atoms with Gasteiger partial charge in [0.25, 0.3) is 11.8 Å². The third kappa shape index (κ3) is 27.9. The third-order valence-corrected chi connectivity index (χ3v) is 13.6. The molecule has 518 valence electrons. The highest BCUT2D eigenvalue weighted by Crippen LogP contribution is 2.09. The van der Waals surface area contributed by atoms with E-state index in [1.807, 2.05) is 5.32 Å². The van der Waals surface area contributed by atoms with Crippen molar-refractivity contribution in [1.29, 1.82) is 0 Å². The SMILES string of the molecule is C[C@H]1NC(=O)C(N)CNC(=O)C(C2CC=NC(N)N2)NC(=O)/C(=C/NC(N)=O)NC(=O)[C@@H](CNC(=O)C[C@H](N)CCCN)NC1=O.NCCC[C@@H](N)CC(=O)NC[C@H]1NC(=O)[C@@H](CO)NC(=O)C(N)CNC(=O)C(C2CC=NC(N)N2)NC(=O)/C(=C/NC(N)=O)NC1=O. The molecule has 0 spiro atoms. The van der Waals surface area contributed by atoms with Crippen molar-refractivity contribution in [3.63, 3.8) is 0 Å². The summed E-state index contributed by atoms with van der Waals surface area (Å²) in [4.78, 5) is 187. The molecule has 8 unspecified atom stereocenters. The van der Waals surface area contributed by atoms with Crippen molar-refractivity contribution in [3.05, 3.63) is 23.8 Å². The number of hydrogen-bond donors (Lipinski definition) is 27. The first kappa shape index (κ1) is 77.8. The summed E-state index contributed by atoms with van der Waals surface area (Å²) in [5.41, 5.74) is 55.3. The van der Waals surface area contributed by atoms with Crippen LogP contribution in [0.15, 0.2) is 33.8 Å². The van der Waals surface area contributed by atoms with E-state index in [2.05, 4.69) is 89.7 Å². The van der Waals surface area contributed by atoms with E-state index in [0.29, 0.717) is 38.8 Å². The molecule has 0 radical (unpaired) electrons. The molecule has 93 heavy (non-hydrogen) atoms. The Kier molecular flexibility index (Phi) is 33.2. The molecular formula is C50H88N28O15. The van der Waals surface area contributed by atoms with Crippen LogP contribution in [0.4, 0.5) is 9.59 Å². The van der Waals surface area contributed by atoms with Crippen molar-refractivity contribution in [2.75, 3.05) is 45.9 Å². The van der Waals surface area contributed by atoms with Crippen LogP contribution < -0.4 is 142 Å². The monoisotopic (exact) mass is 1320 g/mol. The molecule has 4 heterocycles. The van der Waals surface area contributed by atoms with E-state index in [4.69, 9.17) is 57.3 Å². The molecule has 0 aliphatic carbocycles. The van der Waals surface area contributed by atoms with Gasteiger partial charge in [0, 0.05) is 101 Å². The first-order valence-corrected chi connectivity index (χ1v) is 29.1. The maximum atomic E-state index is 13.5. The van der Waals surface area contributed by atoms with E-state index in [1.54, 1.807) is 0 Å². The van der Waals surface area contributed by atoms with Crippen LogP contribution in [-0.4, -0.2) is 231 Å². The second-order valence-electron chi connectivity index (χ2n) is 21.3. The summed E-state index contributed by atoms with van der Waals surface area (Å²) in [7, 11) is 0. The fourth-order valence-electron chi connectivity index (χ4n) is 8.57. The summed E-state index contributed by atoms with van der Waals surface area (Å²) >= 11 is 0. The highest BCUT2D eigenvalue weighted by Gasteiger charge is 2.38. The zero-order valence-electron chi connectivity index (χ0n) is 50.8. The number of primary amides is 2. The molecule has 37 N–H and O–H groups in total. The number of urea groups is 2.